The van der Waals surface area contributed by atoms with E-state index in [1.807, 2.05) is 45.0 Å². The molecule has 0 bridgehead atoms. The summed E-state index contributed by atoms with van der Waals surface area (Å²) in [5, 5.41) is 6.69. The molecule has 0 spiro atoms. The Kier molecular flexibility index (Phi) is 6.37. The SMILES string of the molecule is CC(C)(C)OC(=O)N1CCCC(NC(=O)c2sc3nccc4c3c2NC(=O)N4c2cccc(Br)c2)C1. The van der Waals surface area contributed by atoms with Gasteiger partial charge in [0.25, 0.3) is 5.91 Å². The predicted octanol–water partition coefficient (Wildman–Crippen LogP) is 5.87. The summed E-state index contributed by atoms with van der Waals surface area (Å²) in [5.74, 6) is -0.300. The molecule has 0 saturated carbocycles. The smallest absolute Gasteiger partial charge is 0.410 e. The summed E-state index contributed by atoms with van der Waals surface area (Å²) in [7, 11) is 0. The van der Waals surface area contributed by atoms with Gasteiger partial charge in [0.15, 0.2) is 0 Å². The summed E-state index contributed by atoms with van der Waals surface area (Å²) in [4.78, 5) is 47.8. The maximum absolute atomic E-state index is 13.4. The van der Waals surface area contributed by atoms with Gasteiger partial charge in [-0.05, 0) is 57.9 Å². The van der Waals surface area contributed by atoms with Crippen molar-refractivity contribution in [3.05, 3.63) is 45.9 Å². The summed E-state index contributed by atoms with van der Waals surface area (Å²) in [6.45, 7) is 6.44. The highest BCUT2D eigenvalue weighted by molar-refractivity contribution is 9.10. The molecule has 4 heterocycles. The summed E-state index contributed by atoms with van der Waals surface area (Å²) >= 11 is 4.70. The minimum atomic E-state index is -0.584. The van der Waals surface area contributed by atoms with E-state index in [4.69, 9.17) is 4.74 Å². The molecule has 0 aliphatic carbocycles. The second-order valence-electron chi connectivity index (χ2n) is 9.80. The first-order chi connectivity index (χ1) is 17.1. The number of urea groups is 1. The van der Waals surface area contributed by atoms with Crippen molar-refractivity contribution in [2.75, 3.05) is 23.3 Å². The Morgan fingerprint density at radius 3 is 2.83 bits per heavy atom. The monoisotopic (exact) mass is 571 g/mol. The summed E-state index contributed by atoms with van der Waals surface area (Å²) < 4.78 is 6.34. The van der Waals surface area contributed by atoms with Crippen LogP contribution in [0.5, 0.6) is 0 Å². The number of aromatic nitrogens is 1. The highest BCUT2D eigenvalue weighted by Gasteiger charge is 2.34. The molecule has 2 aliphatic heterocycles. The predicted molar refractivity (Wildman–Crippen MR) is 143 cm³/mol. The van der Waals surface area contributed by atoms with E-state index < -0.39 is 5.60 Å². The topological polar surface area (TPSA) is 104 Å². The maximum Gasteiger partial charge on any atom is 0.410 e. The van der Waals surface area contributed by atoms with Crippen molar-refractivity contribution in [3.63, 3.8) is 0 Å². The van der Waals surface area contributed by atoms with Crippen molar-refractivity contribution >= 4 is 72.6 Å². The van der Waals surface area contributed by atoms with E-state index in [2.05, 4.69) is 31.5 Å². The van der Waals surface area contributed by atoms with Crippen LogP contribution in [0.25, 0.3) is 10.2 Å². The van der Waals surface area contributed by atoms with Crippen LogP contribution in [-0.2, 0) is 4.74 Å². The zero-order valence-electron chi connectivity index (χ0n) is 20.1. The molecule has 1 unspecified atom stereocenters. The molecule has 4 amide bonds. The fourth-order valence-electron chi connectivity index (χ4n) is 4.45. The van der Waals surface area contributed by atoms with Gasteiger partial charge in [-0.1, -0.05) is 22.0 Å². The number of ether oxygens (including phenoxy) is 1. The molecule has 3 aromatic rings. The highest BCUT2D eigenvalue weighted by Crippen LogP contribution is 2.45. The highest BCUT2D eigenvalue weighted by atomic mass is 79.9. The van der Waals surface area contributed by atoms with Crippen LogP contribution in [0.2, 0.25) is 0 Å². The largest absolute Gasteiger partial charge is 0.444 e. The standard InChI is InChI=1S/C25H26BrN5O4S/c1-25(2,3)35-24(34)30-11-5-7-15(13-30)28-21(32)20-19-18-17(9-10-27-22(18)36-20)31(23(33)29-19)16-8-4-6-14(26)12-16/h4,6,8-10,12,15H,5,7,11,13H2,1-3H3,(H,28,32)(H,29,33). The molecule has 188 valence electrons. The number of anilines is 3. The molecular weight excluding hydrogens is 546 g/mol. The number of piperidine rings is 1. The number of thiophene rings is 1. The summed E-state index contributed by atoms with van der Waals surface area (Å²) in [6, 6.07) is 8.66. The lowest BCUT2D eigenvalue weighted by Gasteiger charge is -2.34. The number of halogens is 1. The maximum atomic E-state index is 13.4. The third-order valence-electron chi connectivity index (χ3n) is 5.93. The van der Waals surface area contributed by atoms with Crippen molar-refractivity contribution in [2.45, 2.75) is 45.3 Å². The minimum Gasteiger partial charge on any atom is -0.444 e. The molecule has 0 radical (unpaired) electrons. The number of carbonyl (C=O) groups excluding carboxylic acids is 3. The first-order valence-electron chi connectivity index (χ1n) is 11.7. The second-order valence-corrected chi connectivity index (χ2v) is 11.7. The fourth-order valence-corrected chi connectivity index (χ4v) is 5.86. The minimum absolute atomic E-state index is 0.221. The molecule has 2 N–H and O–H groups in total. The Morgan fingerprint density at radius 2 is 2.08 bits per heavy atom. The quantitative estimate of drug-likeness (QED) is 0.409. The number of hydrogen-bond donors (Lipinski definition) is 2. The molecule has 2 aromatic heterocycles. The number of pyridine rings is 1. The van der Waals surface area contributed by atoms with Gasteiger partial charge in [-0.3, -0.25) is 9.69 Å². The third kappa shape index (κ3) is 4.77. The average molecular weight is 572 g/mol. The van der Waals surface area contributed by atoms with E-state index in [9.17, 15) is 14.4 Å². The van der Waals surface area contributed by atoms with Gasteiger partial charge in [0.2, 0.25) is 0 Å². The van der Waals surface area contributed by atoms with Gasteiger partial charge in [0.1, 0.15) is 15.3 Å². The summed E-state index contributed by atoms with van der Waals surface area (Å²) in [5.41, 5.74) is 1.24. The van der Waals surface area contributed by atoms with E-state index in [-0.39, 0.29) is 24.1 Å². The van der Waals surface area contributed by atoms with Crippen LogP contribution in [0.4, 0.5) is 26.7 Å². The Morgan fingerprint density at radius 1 is 1.28 bits per heavy atom. The molecule has 5 rings (SSSR count). The van der Waals surface area contributed by atoms with Crippen LogP contribution in [-0.4, -0.2) is 52.6 Å². The van der Waals surface area contributed by atoms with E-state index in [0.717, 1.165) is 22.7 Å². The third-order valence-corrected chi connectivity index (χ3v) is 7.52. The average Bonchev–Trinajstić information content (AvgIpc) is 3.18. The first-order valence-corrected chi connectivity index (χ1v) is 13.3. The number of carbonyl (C=O) groups is 3. The number of nitrogens with zero attached hydrogens (tertiary/aromatic N) is 3. The molecule has 1 fully saturated rings. The van der Waals surface area contributed by atoms with Crippen LogP contribution in [0, 0.1) is 0 Å². The lowest BCUT2D eigenvalue weighted by Crippen LogP contribution is -2.50. The van der Waals surface area contributed by atoms with E-state index in [0.29, 0.717) is 39.9 Å². The molecule has 36 heavy (non-hydrogen) atoms. The molecule has 11 heteroatoms. The molecule has 9 nitrogen and oxygen atoms in total. The molecule has 1 saturated heterocycles. The Labute approximate surface area is 220 Å². The van der Waals surface area contributed by atoms with Crippen molar-refractivity contribution in [1.29, 1.82) is 0 Å². The molecular formula is C25H26BrN5O4S. The van der Waals surface area contributed by atoms with E-state index >= 15 is 0 Å². The van der Waals surface area contributed by atoms with E-state index in [1.165, 1.54) is 11.3 Å². The van der Waals surface area contributed by atoms with Crippen molar-refractivity contribution in [2.24, 2.45) is 0 Å². The van der Waals surface area contributed by atoms with Crippen LogP contribution < -0.4 is 15.5 Å². The number of likely N-dealkylation sites (tertiary alicyclic amines) is 1. The second kappa shape index (κ2) is 9.36. The first kappa shape index (κ1) is 24.5. The number of nitrogens with one attached hydrogen (secondary N) is 2. The van der Waals surface area contributed by atoms with Crippen LogP contribution in [0.15, 0.2) is 41.0 Å². The lowest BCUT2D eigenvalue weighted by molar-refractivity contribution is 0.0185. The number of hydrogen-bond acceptors (Lipinski definition) is 6. The normalized spacial score (nSPS) is 17.7. The number of amides is 4. The van der Waals surface area contributed by atoms with Gasteiger partial charge in [-0.15, -0.1) is 11.3 Å². The Bertz CT molecular complexity index is 1370. The zero-order valence-corrected chi connectivity index (χ0v) is 22.5. The van der Waals surface area contributed by atoms with Crippen LogP contribution in [0.3, 0.4) is 0 Å². The number of rotatable bonds is 3. The molecule has 1 atom stereocenters. The number of benzene rings is 1. The Balaban J connectivity index is 1.40. The van der Waals surface area contributed by atoms with Crippen molar-refractivity contribution in [1.82, 2.24) is 15.2 Å². The van der Waals surface area contributed by atoms with Crippen molar-refractivity contribution in [3.8, 4) is 0 Å². The molecule has 2 aliphatic rings. The van der Waals surface area contributed by atoms with E-state index in [1.54, 1.807) is 22.1 Å². The zero-order chi connectivity index (χ0) is 25.6. The van der Waals surface area contributed by atoms with Crippen molar-refractivity contribution < 1.29 is 19.1 Å². The molecule has 1 aromatic carbocycles. The van der Waals surface area contributed by atoms with Crippen LogP contribution >= 0.6 is 27.3 Å². The summed E-state index contributed by atoms with van der Waals surface area (Å²) in [6.07, 6.45) is 2.76. The Hall–Kier alpha value is -3.18. The van der Waals surface area contributed by atoms with Crippen LogP contribution in [0.1, 0.15) is 43.3 Å². The van der Waals surface area contributed by atoms with Gasteiger partial charge < -0.3 is 20.3 Å². The van der Waals surface area contributed by atoms with Gasteiger partial charge in [0, 0.05) is 29.8 Å². The fraction of sp³-hybridized carbons (Fsp3) is 0.360. The van der Waals surface area contributed by atoms with Gasteiger partial charge >= 0.3 is 12.1 Å². The van der Waals surface area contributed by atoms with Gasteiger partial charge in [-0.2, -0.15) is 0 Å². The lowest BCUT2D eigenvalue weighted by atomic mass is 10.1. The van der Waals surface area contributed by atoms with Gasteiger partial charge in [0.05, 0.1) is 22.4 Å². The van der Waals surface area contributed by atoms with Gasteiger partial charge in [-0.25, -0.2) is 14.6 Å².